The molecule has 0 aliphatic rings. The summed E-state index contributed by atoms with van der Waals surface area (Å²) in [6, 6.07) is 11.6. The first kappa shape index (κ1) is 23.8. The Morgan fingerprint density at radius 3 is 2.44 bits per heavy atom. The maximum absolute atomic E-state index is 12.5. The highest BCUT2D eigenvalue weighted by atomic mass is 32.2. The van der Waals surface area contributed by atoms with Crippen molar-refractivity contribution in [3.63, 3.8) is 0 Å². The fraction of sp³-hybridized carbons (Fsp3) is 0.417. The van der Waals surface area contributed by atoms with E-state index in [0.29, 0.717) is 16.9 Å². The van der Waals surface area contributed by atoms with Crippen LogP contribution < -0.4 is 10.1 Å². The van der Waals surface area contributed by atoms with Gasteiger partial charge in [0.05, 0.1) is 12.9 Å². The van der Waals surface area contributed by atoms with Crippen LogP contribution in [0.25, 0.3) is 17.1 Å². The van der Waals surface area contributed by atoms with Gasteiger partial charge in [-0.2, -0.15) is 0 Å². The van der Waals surface area contributed by atoms with Gasteiger partial charge in [-0.1, -0.05) is 38.5 Å². The number of nitrogens with one attached hydrogen (secondary N) is 1. The summed E-state index contributed by atoms with van der Waals surface area (Å²) < 4.78 is 7.24. The molecule has 170 valence electrons. The van der Waals surface area contributed by atoms with Crippen molar-refractivity contribution in [2.45, 2.75) is 51.2 Å². The van der Waals surface area contributed by atoms with E-state index >= 15 is 0 Å². The van der Waals surface area contributed by atoms with Crippen molar-refractivity contribution in [2.24, 2.45) is 5.92 Å². The minimum Gasteiger partial charge on any atom is -0.497 e. The third-order valence-electron chi connectivity index (χ3n) is 5.06. The fourth-order valence-electron chi connectivity index (χ4n) is 3.37. The molecule has 0 radical (unpaired) electrons. The van der Waals surface area contributed by atoms with Gasteiger partial charge < -0.3 is 10.1 Å². The molecule has 1 aromatic carbocycles. The van der Waals surface area contributed by atoms with Gasteiger partial charge in [-0.05, 0) is 55.7 Å². The van der Waals surface area contributed by atoms with E-state index in [4.69, 9.17) is 4.74 Å². The first-order valence-corrected chi connectivity index (χ1v) is 11.9. The van der Waals surface area contributed by atoms with Crippen LogP contribution in [0, 0.1) is 5.92 Å². The number of benzene rings is 1. The standard InChI is InChI=1S/C24H31N5O2S/c1-17(2)6-5-7-18(3)26-22(30)16-32-24-28-27-23(19-12-14-25-15-13-19)29(24)20-8-10-21(31-4)11-9-20/h8-15,17-18H,5-7,16H2,1-4H3,(H,26,30). The van der Waals surface area contributed by atoms with Crippen molar-refractivity contribution in [2.75, 3.05) is 12.9 Å². The van der Waals surface area contributed by atoms with Gasteiger partial charge in [0.25, 0.3) is 0 Å². The van der Waals surface area contributed by atoms with E-state index < -0.39 is 0 Å². The molecule has 3 aromatic rings. The van der Waals surface area contributed by atoms with Crippen LogP contribution in [0.2, 0.25) is 0 Å². The Morgan fingerprint density at radius 2 is 1.78 bits per heavy atom. The molecule has 2 aromatic heterocycles. The lowest BCUT2D eigenvalue weighted by Gasteiger charge is -2.15. The van der Waals surface area contributed by atoms with Crippen molar-refractivity contribution < 1.29 is 9.53 Å². The van der Waals surface area contributed by atoms with E-state index in [9.17, 15) is 4.79 Å². The highest BCUT2D eigenvalue weighted by Gasteiger charge is 2.18. The second-order valence-electron chi connectivity index (χ2n) is 8.16. The number of nitrogens with zero attached hydrogens (tertiary/aromatic N) is 4. The van der Waals surface area contributed by atoms with Crippen LogP contribution in [0.3, 0.4) is 0 Å². The Morgan fingerprint density at radius 1 is 1.06 bits per heavy atom. The van der Waals surface area contributed by atoms with Crippen molar-refractivity contribution >= 4 is 17.7 Å². The fourth-order valence-corrected chi connectivity index (χ4v) is 4.13. The van der Waals surface area contributed by atoms with Gasteiger partial charge in [0, 0.05) is 29.7 Å². The average Bonchev–Trinajstić information content (AvgIpc) is 3.22. The summed E-state index contributed by atoms with van der Waals surface area (Å²) in [7, 11) is 1.64. The zero-order valence-electron chi connectivity index (χ0n) is 19.1. The highest BCUT2D eigenvalue weighted by molar-refractivity contribution is 7.99. The summed E-state index contributed by atoms with van der Waals surface area (Å²) in [5.41, 5.74) is 1.80. The Labute approximate surface area is 194 Å². The molecule has 1 unspecified atom stereocenters. The Bertz CT molecular complexity index is 989. The van der Waals surface area contributed by atoms with Crippen LogP contribution in [0.1, 0.15) is 40.0 Å². The lowest BCUT2D eigenvalue weighted by Crippen LogP contribution is -2.33. The number of thioether (sulfide) groups is 1. The third kappa shape index (κ3) is 6.56. The zero-order valence-corrected chi connectivity index (χ0v) is 19.9. The molecule has 8 heteroatoms. The lowest BCUT2D eigenvalue weighted by molar-refractivity contribution is -0.119. The van der Waals surface area contributed by atoms with Crippen molar-refractivity contribution in [3.8, 4) is 22.8 Å². The predicted octanol–water partition coefficient (Wildman–Crippen LogP) is 4.76. The minimum atomic E-state index is 0.00166. The largest absolute Gasteiger partial charge is 0.497 e. The number of hydrogen-bond donors (Lipinski definition) is 1. The summed E-state index contributed by atoms with van der Waals surface area (Å²) in [5.74, 6) is 2.43. The van der Waals surface area contributed by atoms with Crippen LogP contribution in [0.4, 0.5) is 0 Å². The van der Waals surface area contributed by atoms with E-state index in [2.05, 4.69) is 41.3 Å². The minimum absolute atomic E-state index is 0.00166. The van der Waals surface area contributed by atoms with E-state index in [0.717, 1.165) is 29.8 Å². The number of hydrogen-bond acceptors (Lipinski definition) is 6. The van der Waals surface area contributed by atoms with Gasteiger partial charge in [0.2, 0.25) is 5.91 Å². The van der Waals surface area contributed by atoms with Gasteiger partial charge in [-0.15, -0.1) is 10.2 Å². The molecular formula is C24H31N5O2S. The number of amides is 1. The zero-order chi connectivity index (χ0) is 22.9. The van der Waals surface area contributed by atoms with Gasteiger partial charge in [0.1, 0.15) is 5.75 Å². The van der Waals surface area contributed by atoms with Crippen LogP contribution in [-0.2, 0) is 4.79 Å². The molecule has 3 rings (SSSR count). The quantitative estimate of drug-likeness (QED) is 0.422. The van der Waals surface area contributed by atoms with Crippen molar-refractivity contribution in [1.82, 2.24) is 25.1 Å². The van der Waals surface area contributed by atoms with Crippen LogP contribution >= 0.6 is 11.8 Å². The summed E-state index contributed by atoms with van der Waals surface area (Å²) in [4.78, 5) is 16.6. The number of carbonyl (C=O) groups is 1. The lowest BCUT2D eigenvalue weighted by atomic mass is 10.0. The smallest absolute Gasteiger partial charge is 0.230 e. The van der Waals surface area contributed by atoms with E-state index in [1.54, 1.807) is 19.5 Å². The van der Waals surface area contributed by atoms with Crippen molar-refractivity contribution in [3.05, 3.63) is 48.8 Å². The van der Waals surface area contributed by atoms with Gasteiger partial charge in [-0.3, -0.25) is 14.3 Å². The Balaban J connectivity index is 1.73. The molecule has 1 atom stereocenters. The second kappa shape index (κ2) is 11.7. The van der Waals surface area contributed by atoms with E-state index in [-0.39, 0.29) is 17.7 Å². The number of methoxy groups -OCH3 is 1. The molecule has 0 saturated carbocycles. The molecule has 1 N–H and O–H groups in total. The maximum Gasteiger partial charge on any atom is 0.230 e. The average molecular weight is 454 g/mol. The topological polar surface area (TPSA) is 81.9 Å². The number of aromatic nitrogens is 4. The van der Waals surface area contributed by atoms with E-state index in [1.165, 1.54) is 18.2 Å². The van der Waals surface area contributed by atoms with Crippen LogP contribution in [0.5, 0.6) is 5.75 Å². The van der Waals surface area contributed by atoms with E-state index in [1.807, 2.05) is 41.0 Å². The molecule has 0 fully saturated rings. The molecule has 0 saturated heterocycles. The molecule has 0 aliphatic carbocycles. The monoisotopic (exact) mass is 453 g/mol. The molecule has 2 heterocycles. The number of carbonyl (C=O) groups excluding carboxylic acids is 1. The van der Waals surface area contributed by atoms with Gasteiger partial charge in [0.15, 0.2) is 11.0 Å². The highest BCUT2D eigenvalue weighted by Crippen LogP contribution is 2.28. The Kier molecular flexibility index (Phi) is 8.67. The molecule has 1 amide bonds. The molecule has 32 heavy (non-hydrogen) atoms. The summed E-state index contributed by atoms with van der Waals surface area (Å²) in [5, 5.41) is 12.5. The summed E-state index contributed by atoms with van der Waals surface area (Å²) >= 11 is 1.38. The number of ether oxygens (including phenoxy) is 1. The maximum atomic E-state index is 12.5. The molecule has 0 spiro atoms. The first-order valence-electron chi connectivity index (χ1n) is 10.9. The molecular weight excluding hydrogens is 422 g/mol. The van der Waals surface area contributed by atoms with Gasteiger partial charge in [-0.25, -0.2) is 0 Å². The third-order valence-corrected chi connectivity index (χ3v) is 5.99. The Hall–Kier alpha value is -2.87. The molecule has 7 nitrogen and oxygen atoms in total. The summed E-state index contributed by atoms with van der Waals surface area (Å²) in [6.45, 7) is 6.50. The van der Waals surface area contributed by atoms with Gasteiger partial charge >= 0.3 is 0 Å². The SMILES string of the molecule is COc1ccc(-n2c(SCC(=O)NC(C)CCCC(C)C)nnc2-c2ccncc2)cc1. The second-order valence-corrected chi connectivity index (χ2v) is 9.10. The van der Waals surface area contributed by atoms with Crippen LogP contribution in [0.15, 0.2) is 53.9 Å². The van der Waals surface area contributed by atoms with Crippen LogP contribution in [-0.4, -0.2) is 44.6 Å². The van der Waals surface area contributed by atoms with Crippen molar-refractivity contribution in [1.29, 1.82) is 0 Å². The normalized spacial score (nSPS) is 12.0. The molecule has 0 aliphatic heterocycles. The number of pyridine rings is 1. The number of rotatable bonds is 11. The molecule has 0 bridgehead atoms. The summed E-state index contributed by atoms with van der Waals surface area (Å²) in [6.07, 6.45) is 6.74. The predicted molar refractivity (Wildman–Crippen MR) is 128 cm³/mol. The first-order chi connectivity index (χ1) is 15.5.